The van der Waals surface area contributed by atoms with E-state index in [9.17, 15) is 4.79 Å². The molecule has 0 unspecified atom stereocenters. The standard InChI is InChI=1S/C13H19NO4/c1-9(2)8-17-5-6-18-10-3-4-12(14)11(7-10)13(15)16/h3-4,7,9H,5-6,8,14H2,1-2H3,(H,15,16). The SMILES string of the molecule is CC(C)COCCOc1ccc(N)c(C(=O)O)c1. The molecule has 0 bridgehead atoms. The van der Waals surface area contributed by atoms with Crippen molar-refractivity contribution in [1.82, 2.24) is 0 Å². The maximum atomic E-state index is 10.9. The summed E-state index contributed by atoms with van der Waals surface area (Å²) in [5.41, 5.74) is 5.82. The van der Waals surface area contributed by atoms with Gasteiger partial charge in [0.1, 0.15) is 12.4 Å². The van der Waals surface area contributed by atoms with Crippen LogP contribution in [0.5, 0.6) is 5.75 Å². The van der Waals surface area contributed by atoms with Crippen LogP contribution in [0.4, 0.5) is 5.69 Å². The average molecular weight is 253 g/mol. The Morgan fingerprint density at radius 2 is 2.11 bits per heavy atom. The molecule has 0 amide bonds. The van der Waals surface area contributed by atoms with Crippen molar-refractivity contribution in [3.63, 3.8) is 0 Å². The summed E-state index contributed by atoms with van der Waals surface area (Å²) in [6.45, 7) is 5.69. The van der Waals surface area contributed by atoms with Crippen molar-refractivity contribution in [3.8, 4) is 5.75 Å². The van der Waals surface area contributed by atoms with Crippen molar-refractivity contribution < 1.29 is 19.4 Å². The first-order chi connectivity index (χ1) is 8.50. The molecule has 1 aromatic rings. The molecule has 0 aliphatic carbocycles. The Bertz CT molecular complexity index is 404. The maximum Gasteiger partial charge on any atom is 0.337 e. The number of carboxylic acids is 1. The second-order valence-corrected chi connectivity index (χ2v) is 4.37. The molecule has 0 fully saturated rings. The van der Waals surface area contributed by atoms with Gasteiger partial charge in [-0.25, -0.2) is 4.79 Å². The van der Waals surface area contributed by atoms with E-state index < -0.39 is 5.97 Å². The third-order valence-corrected chi connectivity index (χ3v) is 2.20. The summed E-state index contributed by atoms with van der Waals surface area (Å²) in [4.78, 5) is 10.9. The molecule has 100 valence electrons. The van der Waals surface area contributed by atoms with Gasteiger partial charge in [-0.05, 0) is 24.1 Å². The van der Waals surface area contributed by atoms with E-state index in [2.05, 4.69) is 13.8 Å². The van der Waals surface area contributed by atoms with E-state index in [0.29, 0.717) is 31.5 Å². The van der Waals surface area contributed by atoms with Crippen molar-refractivity contribution in [3.05, 3.63) is 23.8 Å². The number of carboxylic acid groups (broad SMARTS) is 1. The molecule has 1 rings (SSSR count). The van der Waals surface area contributed by atoms with Gasteiger partial charge in [-0.1, -0.05) is 13.8 Å². The topological polar surface area (TPSA) is 81.8 Å². The average Bonchev–Trinajstić information content (AvgIpc) is 2.30. The maximum absolute atomic E-state index is 10.9. The molecule has 0 spiro atoms. The highest BCUT2D eigenvalue weighted by molar-refractivity contribution is 5.94. The fourth-order valence-electron chi connectivity index (χ4n) is 1.35. The zero-order valence-electron chi connectivity index (χ0n) is 10.7. The van der Waals surface area contributed by atoms with E-state index >= 15 is 0 Å². The fraction of sp³-hybridized carbons (Fsp3) is 0.462. The molecule has 0 aliphatic heterocycles. The summed E-state index contributed by atoms with van der Waals surface area (Å²) in [6, 6.07) is 4.58. The largest absolute Gasteiger partial charge is 0.491 e. The minimum absolute atomic E-state index is 0.0515. The van der Waals surface area contributed by atoms with Gasteiger partial charge in [0, 0.05) is 12.3 Å². The molecule has 5 nitrogen and oxygen atoms in total. The van der Waals surface area contributed by atoms with Gasteiger partial charge in [0.05, 0.1) is 12.2 Å². The number of hydrogen-bond acceptors (Lipinski definition) is 4. The highest BCUT2D eigenvalue weighted by atomic mass is 16.5. The Balaban J connectivity index is 2.43. The second kappa shape index (κ2) is 6.86. The normalized spacial score (nSPS) is 10.6. The Morgan fingerprint density at radius 3 is 2.72 bits per heavy atom. The van der Waals surface area contributed by atoms with Gasteiger partial charge < -0.3 is 20.3 Å². The zero-order chi connectivity index (χ0) is 13.5. The molecule has 1 aromatic carbocycles. The van der Waals surface area contributed by atoms with Crippen LogP contribution in [0.2, 0.25) is 0 Å². The number of aromatic carboxylic acids is 1. The summed E-state index contributed by atoms with van der Waals surface area (Å²) in [5, 5.41) is 8.90. The first-order valence-corrected chi connectivity index (χ1v) is 5.84. The summed E-state index contributed by atoms with van der Waals surface area (Å²) in [5.74, 6) is -0.0936. The number of nitrogen functional groups attached to an aromatic ring is 1. The predicted octanol–water partition coefficient (Wildman–Crippen LogP) is 2.02. The van der Waals surface area contributed by atoms with Gasteiger partial charge in [-0.15, -0.1) is 0 Å². The smallest absolute Gasteiger partial charge is 0.337 e. The highest BCUT2D eigenvalue weighted by Gasteiger charge is 2.09. The van der Waals surface area contributed by atoms with Crippen LogP contribution in [0.3, 0.4) is 0 Å². The summed E-state index contributed by atoms with van der Waals surface area (Å²) in [6.07, 6.45) is 0. The number of ether oxygens (including phenoxy) is 2. The Hall–Kier alpha value is -1.75. The molecule has 0 atom stereocenters. The monoisotopic (exact) mass is 253 g/mol. The van der Waals surface area contributed by atoms with Crippen LogP contribution in [-0.4, -0.2) is 30.9 Å². The van der Waals surface area contributed by atoms with E-state index in [1.54, 1.807) is 6.07 Å². The van der Waals surface area contributed by atoms with Crippen LogP contribution in [0.1, 0.15) is 24.2 Å². The van der Waals surface area contributed by atoms with Crippen molar-refractivity contribution in [1.29, 1.82) is 0 Å². The van der Waals surface area contributed by atoms with Crippen molar-refractivity contribution in [2.45, 2.75) is 13.8 Å². The summed E-state index contributed by atoms with van der Waals surface area (Å²) in [7, 11) is 0. The minimum atomic E-state index is -1.06. The lowest BCUT2D eigenvalue weighted by Crippen LogP contribution is -2.10. The predicted molar refractivity (Wildman–Crippen MR) is 69.0 cm³/mol. The van der Waals surface area contributed by atoms with E-state index in [1.807, 2.05) is 0 Å². The third-order valence-electron chi connectivity index (χ3n) is 2.20. The number of carbonyl (C=O) groups is 1. The first-order valence-electron chi connectivity index (χ1n) is 5.84. The van der Waals surface area contributed by atoms with Gasteiger partial charge in [-0.2, -0.15) is 0 Å². The molecule has 0 aromatic heterocycles. The Morgan fingerprint density at radius 1 is 1.39 bits per heavy atom. The number of rotatable bonds is 7. The molecule has 0 aliphatic rings. The molecule has 5 heteroatoms. The lowest BCUT2D eigenvalue weighted by molar-refractivity contribution is 0.0696. The highest BCUT2D eigenvalue weighted by Crippen LogP contribution is 2.19. The number of hydrogen-bond donors (Lipinski definition) is 2. The lowest BCUT2D eigenvalue weighted by atomic mass is 10.2. The lowest BCUT2D eigenvalue weighted by Gasteiger charge is -2.09. The van der Waals surface area contributed by atoms with Crippen molar-refractivity contribution in [2.24, 2.45) is 5.92 Å². The summed E-state index contributed by atoms with van der Waals surface area (Å²) < 4.78 is 10.7. The molecule has 0 saturated heterocycles. The van der Waals surface area contributed by atoms with Gasteiger partial charge in [0.15, 0.2) is 0 Å². The molecular formula is C13H19NO4. The van der Waals surface area contributed by atoms with Gasteiger partial charge in [-0.3, -0.25) is 0 Å². The van der Waals surface area contributed by atoms with Crippen LogP contribution in [0.15, 0.2) is 18.2 Å². The molecular weight excluding hydrogens is 234 g/mol. The van der Waals surface area contributed by atoms with E-state index in [0.717, 1.165) is 0 Å². The van der Waals surface area contributed by atoms with Crippen LogP contribution >= 0.6 is 0 Å². The molecule has 0 heterocycles. The quantitative estimate of drug-likeness (QED) is 0.574. The van der Waals surface area contributed by atoms with Crippen LogP contribution in [0.25, 0.3) is 0 Å². The Labute approximate surface area is 107 Å². The second-order valence-electron chi connectivity index (χ2n) is 4.37. The number of anilines is 1. The fourth-order valence-corrected chi connectivity index (χ4v) is 1.35. The number of benzene rings is 1. The van der Waals surface area contributed by atoms with Crippen LogP contribution < -0.4 is 10.5 Å². The van der Waals surface area contributed by atoms with E-state index in [1.165, 1.54) is 12.1 Å². The minimum Gasteiger partial charge on any atom is -0.491 e. The van der Waals surface area contributed by atoms with Crippen LogP contribution in [0, 0.1) is 5.92 Å². The third kappa shape index (κ3) is 4.63. The van der Waals surface area contributed by atoms with Gasteiger partial charge >= 0.3 is 5.97 Å². The van der Waals surface area contributed by atoms with Gasteiger partial charge in [0.2, 0.25) is 0 Å². The zero-order valence-corrected chi connectivity index (χ0v) is 10.7. The molecule has 0 radical (unpaired) electrons. The van der Waals surface area contributed by atoms with Crippen molar-refractivity contribution >= 4 is 11.7 Å². The summed E-state index contributed by atoms with van der Waals surface area (Å²) >= 11 is 0. The van der Waals surface area contributed by atoms with Gasteiger partial charge in [0.25, 0.3) is 0 Å². The Kier molecular flexibility index (Phi) is 5.45. The number of nitrogens with two attached hydrogens (primary N) is 1. The molecule has 3 N–H and O–H groups in total. The van der Waals surface area contributed by atoms with E-state index in [4.69, 9.17) is 20.3 Å². The molecule has 18 heavy (non-hydrogen) atoms. The molecule has 0 saturated carbocycles. The van der Waals surface area contributed by atoms with Crippen LogP contribution in [-0.2, 0) is 4.74 Å². The van der Waals surface area contributed by atoms with Crippen molar-refractivity contribution in [2.75, 3.05) is 25.6 Å². The van der Waals surface area contributed by atoms with E-state index in [-0.39, 0.29) is 11.3 Å². The first kappa shape index (κ1) is 14.3.